The summed E-state index contributed by atoms with van der Waals surface area (Å²) in [7, 11) is 3.06. The van der Waals surface area contributed by atoms with Crippen molar-refractivity contribution in [3.8, 4) is 39.9 Å². The molecular formula is C33H28O8. The normalized spacial score (nSPS) is 20.5. The van der Waals surface area contributed by atoms with Gasteiger partial charge in [-0.3, -0.25) is 9.59 Å². The highest BCUT2D eigenvalue weighted by molar-refractivity contribution is 5.86. The van der Waals surface area contributed by atoms with E-state index in [1.54, 1.807) is 42.5 Å². The summed E-state index contributed by atoms with van der Waals surface area (Å²) in [6.07, 6.45) is 0. The lowest BCUT2D eigenvalue weighted by atomic mass is 9.52. The van der Waals surface area contributed by atoms with E-state index in [0.717, 1.165) is 11.1 Å². The van der Waals surface area contributed by atoms with Crippen molar-refractivity contribution in [2.24, 2.45) is 11.8 Å². The Morgan fingerprint density at radius 2 is 1.32 bits per heavy atom. The molecule has 4 aromatic rings. The number of carboxylic acids is 1. The van der Waals surface area contributed by atoms with Crippen molar-refractivity contribution in [2.45, 2.75) is 11.8 Å². The van der Waals surface area contributed by atoms with Gasteiger partial charge < -0.3 is 28.8 Å². The number of benzene rings is 4. The second-order valence-electron chi connectivity index (χ2n) is 9.94. The molecule has 0 radical (unpaired) electrons. The van der Waals surface area contributed by atoms with Crippen molar-refractivity contribution in [3.63, 3.8) is 0 Å². The first-order chi connectivity index (χ1) is 20.0. The van der Waals surface area contributed by atoms with Crippen LogP contribution in [0.1, 0.15) is 23.0 Å². The number of hydrogen-bond acceptors (Lipinski definition) is 7. The van der Waals surface area contributed by atoms with Crippen molar-refractivity contribution >= 4 is 11.9 Å². The van der Waals surface area contributed by atoms with Crippen LogP contribution in [0.15, 0.2) is 91.0 Å². The number of ether oxygens (including phenoxy) is 5. The highest BCUT2D eigenvalue weighted by Gasteiger charge is 2.60. The van der Waals surface area contributed by atoms with Gasteiger partial charge in [0.25, 0.3) is 0 Å². The van der Waals surface area contributed by atoms with Gasteiger partial charge in [0.2, 0.25) is 6.79 Å². The molecule has 2 aliphatic rings. The van der Waals surface area contributed by atoms with E-state index in [1.807, 2.05) is 48.5 Å². The summed E-state index contributed by atoms with van der Waals surface area (Å²) in [5.41, 5.74) is 2.99. The summed E-state index contributed by atoms with van der Waals surface area (Å²) in [6.45, 7) is 0.176. The summed E-state index contributed by atoms with van der Waals surface area (Å²) >= 11 is 0. The fourth-order valence-electron chi connectivity index (χ4n) is 6.01. The minimum absolute atomic E-state index is 0.176. The highest BCUT2D eigenvalue weighted by Crippen LogP contribution is 2.60. The number of aliphatic carboxylic acids is 1. The van der Waals surface area contributed by atoms with Crippen molar-refractivity contribution in [3.05, 3.63) is 102 Å². The lowest BCUT2D eigenvalue weighted by molar-refractivity contribution is -0.158. The van der Waals surface area contributed by atoms with Crippen LogP contribution in [-0.2, 0) is 9.59 Å². The van der Waals surface area contributed by atoms with Gasteiger partial charge >= 0.3 is 11.9 Å². The van der Waals surface area contributed by atoms with E-state index in [-0.39, 0.29) is 6.79 Å². The average molecular weight is 553 g/mol. The van der Waals surface area contributed by atoms with Crippen LogP contribution >= 0.6 is 0 Å². The maximum absolute atomic E-state index is 14.0. The Balaban J connectivity index is 1.37. The molecule has 4 aromatic carbocycles. The molecule has 208 valence electrons. The third kappa shape index (κ3) is 4.71. The summed E-state index contributed by atoms with van der Waals surface area (Å²) in [4.78, 5) is 26.7. The number of carbonyl (C=O) groups is 2. The molecule has 1 fully saturated rings. The standard InChI is InChI=1S/C33H28O8/c1-37-24-12-5-3-10-22(24)28-30(32(34)35)29(23-11-4-6-13-25(23)38-2)31(28)33(36)41-21-9-7-8-19(16-21)20-14-15-26-27(17-20)40-18-39-26/h3-17,28-31H,18H2,1-2H3,(H,34,35)/t28-,29?,30-,31-/m0/s1. The summed E-state index contributed by atoms with van der Waals surface area (Å²) in [6, 6.07) is 27.2. The Morgan fingerprint density at radius 1 is 0.707 bits per heavy atom. The molecule has 8 nitrogen and oxygen atoms in total. The van der Waals surface area contributed by atoms with Gasteiger partial charge in [-0.15, -0.1) is 0 Å². The van der Waals surface area contributed by atoms with Crippen molar-refractivity contribution in [1.29, 1.82) is 0 Å². The molecule has 41 heavy (non-hydrogen) atoms. The molecule has 0 bridgehead atoms. The van der Waals surface area contributed by atoms with Crippen LogP contribution in [0.4, 0.5) is 0 Å². The first kappa shape index (κ1) is 26.3. The quantitative estimate of drug-likeness (QED) is 0.213. The molecule has 1 N–H and O–H groups in total. The first-order valence-electron chi connectivity index (χ1n) is 13.2. The minimum atomic E-state index is -1.01. The molecule has 1 aliphatic carbocycles. The second kappa shape index (κ2) is 10.9. The minimum Gasteiger partial charge on any atom is -0.496 e. The predicted molar refractivity (Wildman–Crippen MR) is 150 cm³/mol. The lowest BCUT2D eigenvalue weighted by Gasteiger charge is -2.49. The van der Waals surface area contributed by atoms with Gasteiger partial charge in [0, 0.05) is 11.8 Å². The van der Waals surface area contributed by atoms with Gasteiger partial charge in [0.05, 0.1) is 26.1 Å². The Morgan fingerprint density at radius 3 is 1.95 bits per heavy atom. The monoisotopic (exact) mass is 552 g/mol. The van der Waals surface area contributed by atoms with Crippen molar-refractivity contribution in [1.82, 2.24) is 0 Å². The molecule has 1 unspecified atom stereocenters. The van der Waals surface area contributed by atoms with Crippen LogP contribution in [0.2, 0.25) is 0 Å². The van der Waals surface area contributed by atoms with E-state index in [4.69, 9.17) is 23.7 Å². The molecule has 1 heterocycles. The Kier molecular flexibility index (Phi) is 6.97. The van der Waals surface area contributed by atoms with Gasteiger partial charge in [-0.25, -0.2) is 0 Å². The Labute approximate surface area is 237 Å². The van der Waals surface area contributed by atoms with E-state index in [1.165, 1.54) is 14.2 Å². The SMILES string of the molecule is COc1ccccc1C1[C@@H](C(=O)O)[C@H](c2ccccc2OC)[C@@H]1C(=O)Oc1cccc(-c2ccc3c(c2)OCO3)c1. The van der Waals surface area contributed by atoms with Gasteiger partial charge in [0.15, 0.2) is 11.5 Å². The van der Waals surface area contributed by atoms with Gasteiger partial charge in [-0.05, 0) is 58.7 Å². The maximum atomic E-state index is 14.0. The lowest BCUT2D eigenvalue weighted by Crippen LogP contribution is -2.52. The average Bonchev–Trinajstić information content (AvgIpc) is 3.45. The number of fused-ring (bicyclic) bond motifs is 1. The summed E-state index contributed by atoms with van der Waals surface area (Å²) in [5.74, 6) is -1.89. The van der Waals surface area contributed by atoms with E-state index < -0.39 is 35.6 Å². The molecular weight excluding hydrogens is 524 g/mol. The summed E-state index contributed by atoms with van der Waals surface area (Å²) < 4.78 is 28.0. The Hall–Kier alpha value is -4.98. The molecule has 0 saturated heterocycles. The molecule has 1 saturated carbocycles. The topological polar surface area (TPSA) is 101 Å². The van der Waals surface area contributed by atoms with Crippen LogP contribution < -0.4 is 23.7 Å². The van der Waals surface area contributed by atoms with Crippen LogP contribution in [0.3, 0.4) is 0 Å². The number of methoxy groups -OCH3 is 2. The summed E-state index contributed by atoms with van der Waals surface area (Å²) in [5, 5.41) is 10.4. The molecule has 4 atom stereocenters. The number of esters is 1. The van der Waals surface area contributed by atoms with Crippen LogP contribution in [0.25, 0.3) is 11.1 Å². The maximum Gasteiger partial charge on any atom is 0.315 e. The smallest absolute Gasteiger partial charge is 0.315 e. The third-order valence-corrected chi connectivity index (χ3v) is 7.86. The number of hydrogen-bond donors (Lipinski definition) is 1. The molecule has 6 rings (SSSR count). The van der Waals surface area contributed by atoms with Crippen molar-refractivity contribution in [2.75, 3.05) is 21.0 Å². The zero-order chi connectivity index (χ0) is 28.5. The zero-order valence-corrected chi connectivity index (χ0v) is 22.5. The number of carbonyl (C=O) groups excluding carboxylic acids is 1. The largest absolute Gasteiger partial charge is 0.496 e. The van der Waals surface area contributed by atoms with Gasteiger partial charge in [-0.2, -0.15) is 0 Å². The highest BCUT2D eigenvalue weighted by atomic mass is 16.7. The molecule has 8 heteroatoms. The van der Waals surface area contributed by atoms with E-state index in [0.29, 0.717) is 39.9 Å². The number of rotatable bonds is 8. The van der Waals surface area contributed by atoms with Gasteiger partial charge in [-0.1, -0.05) is 54.6 Å². The van der Waals surface area contributed by atoms with Crippen LogP contribution in [-0.4, -0.2) is 38.1 Å². The van der Waals surface area contributed by atoms with E-state index in [2.05, 4.69) is 0 Å². The van der Waals surface area contributed by atoms with E-state index >= 15 is 0 Å². The molecule has 1 aliphatic heterocycles. The fraction of sp³-hybridized carbons (Fsp3) is 0.212. The second-order valence-corrected chi connectivity index (χ2v) is 9.94. The Bertz CT molecular complexity index is 1560. The van der Waals surface area contributed by atoms with Crippen molar-refractivity contribution < 1.29 is 38.4 Å². The van der Waals surface area contributed by atoms with Gasteiger partial charge in [0.1, 0.15) is 17.2 Å². The third-order valence-electron chi connectivity index (χ3n) is 7.86. The molecule has 0 aromatic heterocycles. The first-order valence-corrected chi connectivity index (χ1v) is 13.2. The molecule has 0 amide bonds. The fourth-order valence-corrected chi connectivity index (χ4v) is 6.01. The number of para-hydroxylation sites is 2. The van der Waals surface area contributed by atoms with Crippen LogP contribution in [0.5, 0.6) is 28.7 Å². The van der Waals surface area contributed by atoms with E-state index in [9.17, 15) is 14.7 Å². The predicted octanol–water partition coefficient (Wildman–Crippen LogP) is 5.90. The van der Waals surface area contributed by atoms with Crippen LogP contribution in [0, 0.1) is 11.8 Å². The molecule has 0 spiro atoms. The zero-order valence-electron chi connectivity index (χ0n) is 22.5. The number of carboxylic acid groups (broad SMARTS) is 1.